The molecule has 5 nitrogen and oxygen atoms in total. The van der Waals surface area contributed by atoms with E-state index in [4.69, 9.17) is 9.47 Å². The van der Waals surface area contributed by atoms with Gasteiger partial charge >= 0.3 is 0 Å². The van der Waals surface area contributed by atoms with Crippen LogP contribution in [0.4, 0.5) is 10.1 Å². The van der Waals surface area contributed by atoms with E-state index in [2.05, 4.69) is 10.2 Å². The first kappa shape index (κ1) is 15.2. The zero-order valence-corrected chi connectivity index (χ0v) is 12.5. The monoisotopic (exact) mass is 308 g/mol. The van der Waals surface area contributed by atoms with E-state index < -0.39 is 6.10 Å². The predicted octanol–water partition coefficient (Wildman–Crippen LogP) is 1.33. The molecule has 0 aromatic heterocycles. The second-order valence-electron chi connectivity index (χ2n) is 5.68. The lowest BCUT2D eigenvalue weighted by Gasteiger charge is -2.34. The van der Waals surface area contributed by atoms with Crippen LogP contribution in [0.15, 0.2) is 24.3 Å². The first-order valence-corrected chi connectivity index (χ1v) is 7.72. The highest BCUT2D eigenvalue weighted by atomic mass is 19.1. The van der Waals surface area contributed by atoms with Gasteiger partial charge in [-0.25, -0.2) is 4.39 Å². The van der Waals surface area contributed by atoms with Crippen molar-refractivity contribution >= 4 is 11.6 Å². The van der Waals surface area contributed by atoms with Crippen LogP contribution < -0.4 is 10.2 Å². The van der Waals surface area contributed by atoms with Gasteiger partial charge in [0.15, 0.2) is 6.10 Å². The first-order chi connectivity index (χ1) is 10.7. The molecule has 3 rings (SSSR count). The molecule has 6 heteroatoms. The van der Waals surface area contributed by atoms with Crippen molar-refractivity contribution in [3.63, 3.8) is 0 Å². The molecule has 1 aromatic rings. The van der Waals surface area contributed by atoms with E-state index in [1.165, 1.54) is 12.1 Å². The summed E-state index contributed by atoms with van der Waals surface area (Å²) in [6.07, 6.45) is 1.21. The largest absolute Gasteiger partial charge is 0.381 e. The summed E-state index contributed by atoms with van der Waals surface area (Å²) in [6, 6.07) is 6.50. The standard InChI is InChI=1S/C16H21FN2O3/c17-12-1-3-14(4-2-12)19-7-10-22-15(11-19)16(20)18-13-5-8-21-9-6-13/h1-4,13,15H,5-11H2,(H,18,20)/t15-/m0/s1. The average Bonchev–Trinajstić information content (AvgIpc) is 2.56. The van der Waals surface area contributed by atoms with Gasteiger partial charge in [-0.15, -0.1) is 0 Å². The summed E-state index contributed by atoms with van der Waals surface area (Å²) in [4.78, 5) is 14.4. The minimum absolute atomic E-state index is 0.0706. The van der Waals surface area contributed by atoms with Gasteiger partial charge in [-0.3, -0.25) is 4.79 Å². The van der Waals surface area contributed by atoms with Crippen LogP contribution >= 0.6 is 0 Å². The summed E-state index contributed by atoms with van der Waals surface area (Å²) < 4.78 is 23.9. The van der Waals surface area contributed by atoms with Crippen LogP contribution in [0.2, 0.25) is 0 Å². The van der Waals surface area contributed by atoms with Crippen molar-refractivity contribution in [2.24, 2.45) is 0 Å². The normalized spacial score (nSPS) is 23.3. The van der Waals surface area contributed by atoms with Crippen LogP contribution in [-0.4, -0.2) is 51.0 Å². The van der Waals surface area contributed by atoms with Gasteiger partial charge in [0.05, 0.1) is 13.2 Å². The van der Waals surface area contributed by atoms with E-state index in [-0.39, 0.29) is 17.8 Å². The molecule has 0 bridgehead atoms. The van der Waals surface area contributed by atoms with E-state index in [0.717, 1.165) is 18.5 Å². The molecule has 1 amide bonds. The third-order valence-electron chi connectivity index (χ3n) is 4.12. The number of anilines is 1. The summed E-state index contributed by atoms with van der Waals surface area (Å²) in [5, 5.41) is 3.04. The number of benzene rings is 1. The minimum atomic E-state index is -0.485. The van der Waals surface area contributed by atoms with E-state index in [9.17, 15) is 9.18 Å². The summed E-state index contributed by atoms with van der Waals surface area (Å²) >= 11 is 0. The van der Waals surface area contributed by atoms with Crippen LogP contribution in [0.1, 0.15) is 12.8 Å². The Hall–Kier alpha value is -1.66. The highest BCUT2D eigenvalue weighted by molar-refractivity contribution is 5.82. The van der Waals surface area contributed by atoms with Crippen LogP contribution in [0.25, 0.3) is 0 Å². The zero-order chi connectivity index (χ0) is 15.4. The number of morpholine rings is 1. The van der Waals surface area contributed by atoms with Gasteiger partial charge < -0.3 is 19.7 Å². The number of hydrogen-bond acceptors (Lipinski definition) is 4. The molecule has 2 aliphatic rings. The van der Waals surface area contributed by atoms with Crippen molar-refractivity contribution in [3.8, 4) is 0 Å². The molecule has 0 saturated carbocycles. The lowest BCUT2D eigenvalue weighted by molar-refractivity contribution is -0.134. The minimum Gasteiger partial charge on any atom is -0.381 e. The Kier molecular flexibility index (Phi) is 4.90. The molecule has 2 heterocycles. The Labute approximate surface area is 129 Å². The molecule has 2 aliphatic heterocycles. The Morgan fingerprint density at radius 3 is 2.64 bits per heavy atom. The third kappa shape index (κ3) is 3.75. The highest BCUT2D eigenvalue weighted by Gasteiger charge is 2.28. The smallest absolute Gasteiger partial charge is 0.251 e. The van der Waals surface area contributed by atoms with Crippen LogP contribution in [0, 0.1) is 5.82 Å². The number of nitrogens with one attached hydrogen (secondary N) is 1. The molecule has 1 aromatic carbocycles. The Morgan fingerprint density at radius 2 is 1.91 bits per heavy atom. The number of amides is 1. The second kappa shape index (κ2) is 7.07. The highest BCUT2D eigenvalue weighted by Crippen LogP contribution is 2.18. The Balaban J connectivity index is 1.57. The number of carbonyl (C=O) groups excluding carboxylic acids is 1. The maximum Gasteiger partial charge on any atom is 0.251 e. The maximum atomic E-state index is 13.0. The molecule has 1 atom stereocenters. The lowest BCUT2D eigenvalue weighted by atomic mass is 10.1. The van der Waals surface area contributed by atoms with Crippen molar-refractivity contribution < 1.29 is 18.7 Å². The third-order valence-corrected chi connectivity index (χ3v) is 4.12. The van der Waals surface area contributed by atoms with E-state index in [1.807, 2.05) is 0 Å². The predicted molar refractivity (Wildman–Crippen MR) is 80.3 cm³/mol. The number of ether oxygens (including phenoxy) is 2. The maximum absolute atomic E-state index is 13.0. The van der Waals surface area contributed by atoms with Crippen molar-refractivity contribution in [3.05, 3.63) is 30.1 Å². The van der Waals surface area contributed by atoms with E-state index >= 15 is 0 Å². The van der Waals surface area contributed by atoms with Gasteiger partial charge in [-0.2, -0.15) is 0 Å². The Morgan fingerprint density at radius 1 is 1.18 bits per heavy atom. The molecule has 0 unspecified atom stereocenters. The van der Waals surface area contributed by atoms with Crippen LogP contribution in [-0.2, 0) is 14.3 Å². The van der Waals surface area contributed by atoms with Crippen molar-refractivity contribution in [2.45, 2.75) is 25.0 Å². The quantitative estimate of drug-likeness (QED) is 0.915. The molecule has 0 radical (unpaired) electrons. The van der Waals surface area contributed by atoms with Gasteiger partial charge in [-0.1, -0.05) is 0 Å². The van der Waals surface area contributed by atoms with Crippen molar-refractivity contribution in [1.29, 1.82) is 0 Å². The molecule has 2 saturated heterocycles. The number of hydrogen-bond donors (Lipinski definition) is 1. The fourth-order valence-corrected chi connectivity index (χ4v) is 2.83. The number of nitrogens with zero attached hydrogens (tertiary/aromatic N) is 1. The van der Waals surface area contributed by atoms with Crippen LogP contribution in [0.5, 0.6) is 0 Å². The number of halogens is 1. The number of carbonyl (C=O) groups is 1. The molecular formula is C16H21FN2O3. The van der Waals surface area contributed by atoms with E-state index in [1.54, 1.807) is 12.1 Å². The topological polar surface area (TPSA) is 50.8 Å². The number of rotatable bonds is 3. The molecule has 0 spiro atoms. The molecule has 0 aliphatic carbocycles. The first-order valence-electron chi connectivity index (χ1n) is 7.72. The zero-order valence-electron chi connectivity index (χ0n) is 12.5. The van der Waals surface area contributed by atoms with Crippen LogP contribution in [0.3, 0.4) is 0 Å². The summed E-state index contributed by atoms with van der Waals surface area (Å²) in [5.41, 5.74) is 0.911. The summed E-state index contributed by atoms with van der Waals surface area (Å²) in [5.74, 6) is -0.329. The average molecular weight is 308 g/mol. The van der Waals surface area contributed by atoms with Gasteiger partial charge in [0.1, 0.15) is 5.82 Å². The van der Waals surface area contributed by atoms with Gasteiger partial charge in [0.25, 0.3) is 5.91 Å². The fraction of sp³-hybridized carbons (Fsp3) is 0.562. The SMILES string of the molecule is O=C(NC1CCOCC1)[C@@H]1CN(c2ccc(F)cc2)CCO1. The summed E-state index contributed by atoms with van der Waals surface area (Å²) in [6.45, 7) is 3.06. The fourth-order valence-electron chi connectivity index (χ4n) is 2.83. The van der Waals surface area contributed by atoms with E-state index in [0.29, 0.717) is 32.9 Å². The van der Waals surface area contributed by atoms with Crippen molar-refractivity contribution in [2.75, 3.05) is 37.8 Å². The van der Waals surface area contributed by atoms with Crippen molar-refractivity contribution in [1.82, 2.24) is 5.32 Å². The van der Waals surface area contributed by atoms with Gasteiger partial charge in [0, 0.05) is 31.5 Å². The molecule has 120 valence electrons. The Bertz CT molecular complexity index is 503. The summed E-state index contributed by atoms with van der Waals surface area (Å²) in [7, 11) is 0. The molecule has 1 N–H and O–H groups in total. The molecule has 22 heavy (non-hydrogen) atoms. The van der Waals surface area contributed by atoms with Gasteiger partial charge in [-0.05, 0) is 37.1 Å². The molecule has 2 fully saturated rings. The second-order valence-corrected chi connectivity index (χ2v) is 5.68. The lowest BCUT2D eigenvalue weighted by Crippen LogP contribution is -2.52. The van der Waals surface area contributed by atoms with Gasteiger partial charge in [0.2, 0.25) is 0 Å². The molecular weight excluding hydrogens is 287 g/mol.